The van der Waals surface area contributed by atoms with Crippen molar-refractivity contribution in [1.82, 2.24) is 4.98 Å². The lowest BCUT2D eigenvalue weighted by Crippen LogP contribution is -2.18. The van der Waals surface area contributed by atoms with Crippen LogP contribution in [0.25, 0.3) is 0 Å². The van der Waals surface area contributed by atoms with Crippen LogP contribution in [-0.4, -0.2) is 30.2 Å². The molecule has 0 aliphatic carbocycles. The van der Waals surface area contributed by atoms with Crippen molar-refractivity contribution in [1.29, 1.82) is 0 Å². The number of rotatable bonds is 3. The SMILES string of the molecule is O=S1(=O)CCCC1CSc1ccccn1. The topological polar surface area (TPSA) is 47.0 Å². The number of pyridine rings is 1. The summed E-state index contributed by atoms with van der Waals surface area (Å²) in [5.74, 6) is 1.000. The van der Waals surface area contributed by atoms with E-state index in [1.807, 2.05) is 18.2 Å². The third-order valence-corrected chi connectivity index (χ3v) is 6.11. The van der Waals surface area contributed by atoms with Gasteiger partial charge in [-0.3, -0.25) is 0 Å². The Balaban J connectivity index is 1.94. The van der Waals surface area contributed by atoms with E-state index in [1.54, 1.807) is 6.20 Å². The summed E-state index contributed by atoms with van der Waals surface area (Å²) < 4.78 is 23.1. The summed E-state index contributed by atoms with van der Waals surface area (Å²) in [6, 6.07) is 5.68. The maximum absolute atomic E-state index is 11.5. The first-order chi connectivity index (χ1) is 7.18. The van der Waals surface area contributed by atoms with Crippen molar-refractivity contribution >= 4 is 21.6 Å². The second-order valence-electron chi connectivity index (χ2n) is 3.61. The Morgan fingerprint density at radius 3 is 2.93 bits per heavy atom. The zero-order valence-corrected chi connectivity index (χ0v) is 9.93. The minimum absolute atomic E-state index is 0.162. The maximum Gasteiger partial charge on any atom is 0.153 e. The highest BCUT2D eigenvalue weighted by Crippen LogP contribution is 2.26. The van der Waals surface area contributed by atoms with Gasteiger partial charge < -0.3 is 0 Å². The normalized spacial score (nSPS) is 24.1. The second-order valence-corrected chi connectivity index (χ2v) is 7.05. The quantitative estimate of drug-likeness (QED) is 0.759. The first-order valence-electron chi connectivity index (χ1n) is 4.94. The molecule has 2 rings (SSSR count). The van der Waals surface area contributed by atoms with Crippen molar-refractivity contribution in [2.75, 3.05) is 11.5 Å². The molecule has 1 atom stereocenters. The number of thioether (sulfide) groups is 1. The Hall–Kier alpha value is -0.550. The Labute approximate surface area is 94.2 Å². The van der Waals surface area contributed by atoms with E-state index in [-0.39, 0.29) is 5.25 Å². The van der Waals surface area contributed by atoms with E-state index < -0.39 is 9.84 Å². The molecule has 5 heteroatoms. The smallest absolute Gasteiger partial charge is 0.153 e. The average Bonchev–Trinajstić information content (AvgIpc) is 2.56. The first-order valence-corrected chi connectivity index (χ1v) is 7.64. The van der Waals surface area contributed by atoms with Gasteiger partial charge in [-0.15, -0.1) is 11.8 Å². The largest absolute Gasteiger partial charge is 0.250 e. The van der Waals surface area contributed by atoms with Gasteiger partial charge in [0.2, 0.25) is 0 Å². The summed E-state index contributed by atoms with van der Waals surface area (Å²) in [7, 11) is -2.81. The number of hydrogen-bond acceptors (Lipinski definition) is 4. The molecular formula is C10H13NO2S2. The van der Waals surface area contributed by atoms with Crippen molar-refractivity contribution in [3.8, 4) is 0 Å². The number of nitrogens with zero attached hydrogens (tertiary/aromatic N) is 1. The Bertz CT molecular complexity index is 416. The lowest BCUT2D eigenvalue weighted by Gasteiger charge is -2.07. The molecule has 1 aromatic rings. The molecule has 0 N–H and O–H groups in total. The molecule has 1 aliphatic heterocycles. The highest BCUT2D eigenvalue weighted by molar-refractivity contribution is 8.00. The van der Waals surface area contributed by atoms with E-state index in [9.17, 15) is 8.42 Å². The van der Waals surface area contributed by atoms with Crippen LogP contribution in [-0.2, 0) is 9.84 Å². The third-order valence-electron chi connectivity index (χ3n) is 2.52. The zero-order chi connectivity index (χ0) is 10.7. The van der Waals surface area contributed by atoms with Gasteiger partial charge >= 0.3 is 0 Å². The zero-order valence-electron chi connectivity index (χ0n) is 8.30. The van der Waals surface area contributed by atoms with Crippen LogP contribution in [0, 0.1) is 0 Å². The van der Waals surface area contributed by atoms with Crippen molar-refractivity contribution in [2.45, 2.75) is 23.1 Å². The van der Waals surface area contributed by atoms with Crippen LogP contribution in [0.3, 0.4) is 0 Å². The van der Waals surface area contributed by atoms with Gasteiger partial charge in [-0.05, 0) is 25.0 Å². The first kappa shape index (κ1) is 11.0. The summed E-state index contributed by atoms with van der Waals surface area (Å²) in [6.07, 6.45) is 3.35. The fourth-order valence-electron chi connectivity index (χ4n) is 1.66. The van der Waals surface area contributed by atoms with Gasteiger partial charge in [0.25, 0.3) is 0 Å². The minimum atomic E-state index is -2.81. The number of aromatic nitrogens is 1. The summed E-state index contributed by atoms with van der Waals surface area (Å²) in [4.78, 5) is 4.16. The fourth-order valence-corrected chi connectivity index (χ4v) is 4.95. The maximum atomic E-state index is 11.5. The standard InChI is InChI=1S/C10H13NO2S2/c12-15(13)7-3-4-9(15)8-14-10-5-1-2-6-11-10/h1-2,5-6,9H,3-4,7-8H2. The van der Waals surface area contributed by atoms with Crippen molar-refractivity contribution in [3.63, 3.8) is 0 Å². The predicted molar refractivity (Wildman–Crippen MR) is 61.8 cm³/mol. The number of hydrogen-bond donors (Lipinski definition) is 0. The molecule has 0 aromatic carbocycles. The molecule has 2 heterocycles. The van der Waals surface area contributed by atoms with E-state index in [4.69, 9.17) is 0 Å². The Morgan fingerprint density at radius 1 is 1.47 bits per heavy atom. The second kappa shape index (κ2) is 4.53. The monoisotopic (exact) mass is 243 g/mol. The van der Waals surface area contributed by atoms with E-state index >= 15 is 0 Å². The molecule has 1 fully saturated rings. The molecule has 1 aromatic heterocycles. The Morgan fingerprint density at radius 2 is 2.33 bits per heavy atom. The predicted octanol–water partition coefficient (Wildman–Crippen LogP) is 1.75. The van der Waals surface area contributed by atoms with Crippen LogP contribution in [0.15, 0.2) is 29.4 Å². The van der Waals surface area contributed by atoms with E-state index in [2.05, 4.69) is 4.98 Å². The molecule has 1 saturated heterocycles. The van der Waals surface area contributed by atoms with E-state index in [0.29, 0.717) is 11.5 Å². The number of sulfone groups is 1. The molecular weight excluding hydrogens is 230 g/mol. The summed E-state index contributed by atoms with van der Waals surface area (Å²) >= 11 is 1.53. The van der Waals surface area contributed by atoms with E-state index in [1.165, 1.54) is 11.8 Å². The summed E-state index contributed by atoms with van der Waals surface area (Å²) in [5, 5.41) is 0.740. The van der Waals surface area contributed by atoms with Gasteiger partial charge in [-0.1, -0.05) is 6.07 Å². The molecule has 0 amide bonds. The lowest BCUT2D eigenvalue weighted by molar-refractivity contribution is 0.594. The van der Waals surface area contributed by atoms with Gasteiger partial charge in [0.1, 0.15) is 0 Å². The third kappa shape index (κ3) is 2.72. The fraction of sp³-hybridized carbons (Fsp3) is 0.500. The van der Waals surface area contributed by atoms with Crippen LogP contribution < -0.4 is 0 Å². The van der Waals surface area contributed by atoms with Crippen LogP contribution in [0.4, 0.5) is 0 Å². The van der Waals surface area contributed by atoms with Crippen LogP contribution in [0.2, 0.25) is 0 Å². The van der Waals surface area contributed by atoms with Crippen molar-refractivity contribution in [2.24, 2.45) is 0 Å². The van der Waals surface area contributed by atoms with Gasteiger partial charge in [0.15, 0.2) is 9.84 Å². The highest BCUT2D eigenvalue weighted by atomic mass is 32.2. The Kier molecular flexibility index (Phi) is 3.31. The van der Waals surface area contributed by atoms with E-state index in [0.717, 1.165) is 17.9 Å². The molecule has 0 bridgehead atoms. The lowest BCUT2D eigenvalue weighted by atomic mass is 10.3. The van der Waals surface area contributed by atoms with Crippen LogP contribution in [0.1, 0.15) is 12.8 Å². The van der Waals surface area contributed by atoms with Crippen molar-refractivity contribution < 1.29 is 8.42 Å². The molecule has 1 unspecified atom stereocenters. The summed E-state index contributed by atoms with van der Waals surface area (Å²) in [6.45, 7) is 0. The minimum Gasteiger partial charge on any atom is -0.250 e. The molecule has 82 valence electrons. The van der Waals surface area contributed by atoms with Crippen molar-refractivity contribution in [3.05, 3.63) is 24.4 Å². The molecule has 0 saturated carbocycles. The highest BCUT2D eigenvalue weighted by Gasteiger charge is 2.30. The molecule has 1 aliphatic rings. The van der Waals surface area contributed by atoms with Gasteiger partial charge in [-0.25, -0.2) is 13.4 Å². The molecule has 3 nitrogen and oxygen atoms in total. The summed E-state index contributed by atoms with van der Waals surface area (Å²) in [5.41, 5.74) is 0. The molecule has 0 spiro atoms. The van der Waals surface area contributed by atoms with Gasteiger partial charge in [-0.2, -0.15) is 0 Å². The molecule has 15 heavy (non-hydrogen) atoms. The molecule has 0 radical (unpaired) electrons. The van der Waals surface area contributed by atoms with Gasteiger partial charge in [0.05, 0.1) is 16.0 Å². The van der Waals surface area contributed by atoms with Crippen LogP contribution in [0.5, 0.6) is 0 Å². The van der Waals surface area contributed by atoms with Crippen LogP contribution >= 0.6 is 11.8 Å². The van der Waals surface area contributed by atoms with Gasteiger partial charge in [0, 0.05) is 11.9 Å². The average molecular weight is 243 g/mol.